The highest BCUT2D eigenvalue weighted by Crippen LogP contribution is 2.38. The van der Waals surface area contributed by atoms with E-state index in [0.29, 0.717) is 12.5 Å². The van der Waals surface area contributed by atoms with E-state index in [1.807, 2.05) is 11.3 Å². The fourth-order valence-corrected chi connectivity index (χ4v) is 5.20. The molecule has 0 spiro atoms. The maximum atomic E-state index is 5.75. The van der Waals surface area contributed by atoms with Gasteiger partial charge in [-0.25, -0.2) is 9.97 Å². The number of fused-ring (bicyclic) bond motifs is 3. The molecule has 3 heterocycles. The third-order valence-corrected chi connectivity index (χ3v) is 6.51. The molecule has 0 saturated carbocycles. The van der Waals surface area contributed by atoms with Gasteiger partial charge in [-0.2, -0.15) is 0 Å². The van der Waals surface area contributed by atoms with Gasteiger partial charge in [0.2, 0.25) is 0 Å². The number of nitrogens with zero attached hydrogens (tertiary/aromatic N) is 3. The molecule has 154 valence electrons. The lowest BCUT2D eigenvalue weighted by Gasteiger charge is -2.25. The van der Waals surface area contributed by atoms with Crippen LogP contribution in [0.15, 0.2) is 0 Å². The van der Waals surface area contributed by atoms with E-state index in [1.54, 1.807) is 0 Å². The number of hydrogen-bond donors (Lipinski definition) is 1. The van der Waals surface area contributed by atoms with Crippen LogP contribution in [0.1, 0.15) is 43.0 Å². The minimum atomic E-state index is 0.565. The Hall–Kier alpha value is -1.28. The van der Waals surface area contributed by atoms with Crippen LogP contribution in [0.3, 0.4) is 0 Å². The molecule has 2 aromatic heterocycles. The summed E-state index contributed by atoms with van der Waals surface area (Å²) in [7, 11) is 0. The SMILES string of the molecule is CC(C)COCCNc1nc(CN2CCOCC2)nc2sc3c(c12)CCCC3. The normalized spacial score (nSPS) is 18.0. The van der Waals surface area contributed by atoms with E-state index in [4.69, 9.17) is 19.4 Å². The number of rotatable bonds is 8. The first kappa shape index (κ1) is 20.0. The van der Waals surface area contributed by atoms with Crippen molar-refractivity contribution in [3.05, 3.63) is 16.3 Å². The van der Waals surface area contributed by atoms with Crippen molar-refractivity contribution in [3.8, 4) is 0 Å². The number of anilines is 1. The molecule has 2 aliphatic rings. The first-order valence-electron chi connectivity index (χ1n) is 10.6. The van der Waals surface area contributed by atoms with E-state index in [0.717, 1.165) is 68.9 Å². The molecule has 0 bridgehead atoms. The molecule has 2 aromatic rings. The van der Waals surface area contributed by atoms with Crippen molar-refractivity contribution in [3.63, 3.8) is 0 Å². The van der Waals surface area contributed by atoms with Gasteiger partial charge in [-0.15, -0.1) is 11.3 Å². The first-order valence-corrected chi connectivity index (χ1v) is 11.4. The van der Waals surface area contributed by atoms with Crippen LogP contribution >= 0.6 is 11.3 Å². The Morgan fingerprint density at radius 1 is 1.18 bits per heavy atom. The van der Waals surface area contributed by atoms with Crippen molar-refractivity contribution in [2.75, 3.05) is 51.4 Å². The van der Waals surface area contributed by atoms with E-state index in [2.05, 4.69) is 24.1 Å². The molecule has 1 aliphatic carbocycles. The number of hydrogen-bond acceptors (Lipinski definition) is 7. The topological polar surface area (TPSA) is 59.5 Å². The Balaban J connectivity index is 1.55. The Morgan fingerprint density at radius 3 is 2.82 bits per heavy atom. The summed E-state index contributed by atoms with van der Waals surface area (Å²) in [6.07, 6.45) is 4.90. The van der Waals surface area contributed by atoms with Crippen molar-refractivity contribution in [2.24, 2.45) is 5.92 Å². The molecule has 0 radical (unpaired) electrons. The van der Waals surface area contributed by atoms with Gasteiger partial charge in [0.15, 0.2) is 0 Å². The Labute approximate surface area is 171 Å². The minimum absolute atomic E-state index is 0.565. The number of aromatic nitrogens is 2. The Morgan fingerprint density at radius 2 is 2.00 bits per heavy atom. The molecule has 6 nitrogen and oxygen atoms in total. The van der Waals surface area contributed by atoms with E-state index in [-0.39, 0.29) is 0 Å². The van der Waals surface area contributed by atoms with E-state index < -0.39 is 0 Å². The second kappa shape index (κ2) is 9.48. The van der Waals surface area contributed by atoms with Crippen molar-refractivity contribution >= 4 is 27.4 Å². The standard InChI is InChI=1S/C21H32N4O2S/c1-15(2)14-27-10-7-22-20-19-16-5-3-4-6-17(16)28-21(19)24-18(23-20)13-25-8-11-26-12-9-25/h15H,3-14H2,1-2H3,(H,22,23,24). The summed E-state index contributed by atoms with van der Waals surface area (Å²) in [5.74, 6) is 2.48. The van der Waals surface area contributed by atoms with Gasteiger partial charge < -0.3 is 14.8 Å². The van der Waals surface area contributed by atoms with E-state index in [1.165, 1.54) is 35.1 Å². The van der Waals surface area contributed by atoms with Gasteiger partial charge in [-0.3, -0.25) is 4.90 Å². The van der Waals surface area contributed by atoms with Crippen LogP contribution in [-0.2, 0) is 28.9 Å². The number of thiophene rings is 1. The highest BCUT2D eigenvalue weighted by molar-refractivity contribution is 7.19. The zero-order chi connectivity index (χ0) is 19.3. The Kier molecular flexibility index (Phi) is 6.77. The van der Waals surface area contributed by atoms with Gasteiger partial charge in [0.05, 0.1) is 31.8 Å². The number of nitrogens with one attached hydrogen (secondary N) is 1. The average molecular weight is 405 g/mol. The van der Waals surface area contributed by atoms with Gasteiger partial charge in [0.1, 0.15) is 16.5 Å². The van der Waals surface area contributed by atoms with Crippen LogP contribution in [0.5, 0.6) is 0 Å². The first-order chi connectivity index (χ1) is 13.7. The van der Waals surface area contributed by atoms with Crippen LogP contribution < -0.4 is 5.32 Å². The quantitative estimate of drug-likeness (QED) is 0.680. The monoisotopic (exact) mass is 404 g/mol. The number of ether oxygens (including phenoxy) is 2. The zero-order valence-electron chi connectivity index (χ0n) is 17.1. The smallest absolute Gasteiger partial charge is 0.146 e. The molecule has 0 aromatic carbocycles. The molecule has 0 unspecified atom stereocenters. The number of aryl methyl sites for hydroxylation is 2. The second-order valence-corrected chi connectivity index (χ2v) is 9.25. The number of morpholine rings is 1. The molecular formula is C21H32N4O2S. The van der Waals surface area contributed by atoms with Gasteiger partial charge in [0.25, 0.3) is 0 Å². The van der Waals surface area contributed by atoms with Crippen molar-refractivity contribution in [1.82, 2.24) is 14.9 Å². The summed E-state index contributed by atoms with van der Waals surface area (Å²) in [4.78, 5) is 15.0. The summed E-state index contributed by atoms with van der Waals surface area (Å²) >= 11 is 1.87. The van der Waals surface area contributed by atoms with Crippen LogP contribution in [0, 0.1) is 5.92 Å². The zero-order valence-corrected chi connectivity index (χ0v) is 17.9. The largest absolute Gasteiger partial charge is 0.379 e. The van der Waals surface area contributed by atoms with Crippen LogP contribution in [0.25, 0.3) is 10.2 Å². The highest BCUT2D eigenvalue weighted by atomic mass is 32.1. The second-order valence-electron chi connectivity index (χ2n) is 8.16. The summed E-state index contributed by atoms with van der Waals surface area (Å²) in [6, 6.07) is 0. The van der Waals surface area contributed by atoms with E-state index >= 15 is 0 Å². The molecule has 1 fully saturated rings. The summed E-state index contributed by atoms with van der Waals surface area (Å²) < 4.78 is 11.2. The lowest BCUT2D eigenvalue weighted by atomic mass is 9.97. The third kappa shape index (κ3) is 4.82. The lowest BCUT2D eigenvalue weighted by molar-refractivity contribution is 0.0331. The fraction of sp³-hybridized carbons (Fsp3) is 0.714. The molecule has 7 heteroatoms. The third-order valence-electron chi connectivity index (χ3n) is 5.32. The molecule has 28 heavy (non-hydrogen) atoms. The minimum Gasteiger partial charge on any atom is -0.379 e. The maximum absolute atomic E-state index is 5.75. The van der Waals surface area contributed by atoms with E-state index in [9.17, 15) is 0 Å². The van der Waals surface area contributed by atoms with Crippen molar-refractivity contribution < 1.29 is 9.47 Å². The highest BCUT2D eigenvalue weighted by Gasteiger charge is 2.22. The fourth-order valence-electron chi connectivity index (χ4n) is 3.92. The Bertz CT molecular complexity index is 786. The van der Waals surface area contributed by atoms with Gasteiger partial charge in [-0.05, 0) is 37.2 Å². The molecule has 4 rings (SSSR count). The average Bonchev–Trinajstić information content (AvgIpc) is 3.06. The molecule has 1 N–H and O–H groups in total. The molecular weight excluding hydrogens is 372 g/mol. The van der Waals surface area contributed by atoms with Crippen molar-refractivity contribution in [1.29, 1.82) is 0 Å². The summed E-state index contributed by atoms with van der Waals surface area (Å²) in [6.45, 7) is 10.9. The summed E-state index contributed by atoms with van der Waals surface area (Å²) in [5, 5.41) is 4.82. The predicted octanol–water partition coefficient (Wildman–Crippen LogP) is 3.49. The predicted molar refractivity (Wildman–Crippen MR) is 114 cm³/mol. The maximum Gasteiger partial charge on any atom is 0.146 e. The van der Waals surface area contributed by atoms with Gasteiger partial charge in [0, 0.05) is 31.1 Å². The van der Waals surface area contributed by atoms with Crippen LogP contribution in [-0.4, -0.2) is 60.9 Å². The molecule has 1 saturated heterocycles. The molecule has 0 amide bonds. The lowest BCUT2D eigenvalue weighted by Crippen LogP contribution is -2.36. The van der Waals surface area contributed by atoms with Crippen molar-refractivity contribution in [2.45, 2.75) is 46.1 Å². The van der Waals surface area contributed by atoms with Gasteiger partial charge in [-0.1, -0.05) is 13.8 Å². The molecule has 1 aliphatic heterocycles. The summed E-state index contributed by atoms with van der Waals surface area (Å²) in [5.41, 5.74) is 1.48. The van der Waals surface area contributed by atoms with Gasteiger partial charge >= 0.3 is 0 Å². The molecule has 0 atom stereocenters. The van der Waals surface area contributed by atoms with Crippen LogP contribution in [0.2, 0.25) is 0 Å². The van der Waals surface area contributed by atoms with Crippen LogP contribution in [0.4, 0.5) is 5.82 Å².